The normalized spacial score (nSPS) is 14.3. The third-order valence-corrected chi connectivity index (χ3v) is 4.86. The molecule has 0 atom stereocenters. The van der Waals surface area contributed by atoms with Crippen molar-refractivity contribution in [2.24, 2.45) is 0 Å². The van der Waals surface area contributed by atoms with Crippen molar-refractivity contribution in [1.82, 2.24) is 35.3 Å². The Bertz CT molecular complexity index is 847. The van der Waals surface area contributed by atoms with Crippen molar-refractivity contribution in [2.75, 3.05) is 45.9 Å². The van der Waals surface area contributed by atoms with Gasteiger partial charge in [-0.25, -0.2) is 4.79 Å². The zero-order valence-electron chi connectivity index (χ0n) is 18.0. The van der Waals surface area contributed by atoms with Gasteiger partial charge in [0.25, 0.3) is 0 Å². The summed E-state index contributed by atoms with van der Waals surface area (Å²) in [5.74, 6) is 1.23. The van der Waals surface area contributed by atoms with Gasteiger partial charge >= 0.3 is 12.0 Å². The highest BCUT2D eigenvalue weighted by Gasteiger charge is 2.23. The number of esters is 1. The van der Waals surface area contributed by atoms with Crippen LogP contribution in [0.5, 0.6) is 5.75 Å². The summed E-state index contributed by atoms with van der Waals surface area (Å²) < 4.78 is 12.0. The number of tetrazole rings is 1. The Morgan fingerprint density at radius 1 is 1.06 bits per heavy atom. The molecule has 168 valence electrons. The van der Waals surface area contributed by atoms with Gasteiger partial charge in [0, 0.05) is 32.7 Å². The number of urea groups is 1. The Morgan fingerprint density at radius 3 is 2.48 bits per heavy atom. The van der Waals surface area contributed by atoms with Crippen LogP contribution >= 0.6 is 0 Å². The second-order valence-corrected chi connectivity index (χ2v) is 6.98. The summed E-state index contributed by atoms with van der Waals surface area (Å²) in [6, 6.07) is 7.46. The summed E-state index contributed by atoms with van der Waals surface area (Å²) in [6.07, 6.45) is 0.174. The van der Waals surface area contributed by atoms with E-state index in [0.717, 1.165) is 17.3 Å². The van der Waals surface area contributed by atoms with Gasteiger partial charge in [-0.05, 0) is 48.5 Å². The minimum atomic E-state index is -0.308. The summed E-state index contributed by atoms with van der Waals surface area (Å²) in [4.78, 5) is 27.6. The van der Waals surface area contributed by atoms with Gasteiger partial charge in [-0.2, -0.15) is 4.68 Å². The van der Waals surface area contributed by atoms with E-state index in [1.807, 2.05) is 31.2 Å². The van der Waals surface area contributed by atoms with Crippen LogP contribution in [0.3, 0.4) is 0 Å². The molecule has 2 heterocycles. The van der Waals surface area contributed by atoms with Crippen LogP contribution in [-0.2, 0) is 16.1 Å². The fraction of sp³-hybridized carbons (Fsp3) is 0.550. The minimum absolute atomic E-state index is 0.164. The van der Waals surface area contributed by atoms with Gasteiger partial charge in [-0.3, -0.25) is 9.69 Å². The monoisotopic (exact) mass is 431 g/mol. The average Bonchev–Trinajstić information content (AvgIpc) is 3.23. The topological polar surface area (TPSA) is 115 Å². The maximum absolute atomic E-state index is 12.3. The first kappa shape index (κ1) is 22.5. The zero-order valence-corrected chi connectivity index (χ0v) is 18.0. The zero-order chi connectivity index (χ0) is 22.1. The smallest absolute Gasteiger partial charge is 0.317 e. The molecule has 0 spiro atoms. The van der Waals surface area contributed by atoms with Gasteiger partial charge in [-0.1, -0.05) is 0 Å². The highest BCUT2D eigenvalue weighted by molar-refractivity contribution is 5.75. The number of rotatable bonds is 9. The Balaban J connectivity index is 1.47. The maximum atomic E-state index is 12.3. The third-order valence-electron chi connectivity index (χ3n) is 4.86. The van der Waals surface area contributed by atoms with Crippen LogP contribution in [-0.4, -0.2) is 87.9 Å². The number of piperazine rings is 1. The number of hydrogen-bond acceptors (Lipinski definition) is 8. The van der Waals surface area contributed by atoms with Gasteiger partial charge < -0.3 is 19.7 Å². The molecule has 3 rings (SSSR count). The van der Waals surface area contributed by atoms with Crippen molar-refractivity contribution in [3.63, 3.8) is 0 Å². The highest BCUT2D eigenvalue weighted by Crippen LogP contribution is 2.16. The second-order valence-electron chi connectivity index (χ2n) is 6.98. The molecule has 1 aromatic heterocycles. The number of amides is 2. The Labute approximate surface area is 181 Å². The molecular formula is C20H29N7O4. The molecule has 0 radical (unpaired) electrons. The Kier molecular flexibility index (Phi) is 8.16. The largest absolute Gasteiger partial charge is 0.494 e. The summed E-state index contributed by atoms with van der Waals surface area (Å²) in [7, 11) is 0. The van der Waals surface area contributed by atoms with Crippen LogP contribution in [0, 0.1) is 0 Å². The molecule has 1 aromatic carbocycles. The molecule has 1 saturated heterocycles. The molecule has 2 aromatic rings. The molecule has 1 aliphatic heterocycles. The van der Waals surface area contributed by atoms with Crippen LogP contribution in [0.2, 0.25) is 0 Å². The van der Waals surface area contributed by atoms with E-state index in [2.05, 4.69) is 25.7 Å². The molecule has 0 saturated carbocycles. The van der Waals surface area contributed by atoms with Gasteiger partial charge in [0.2, 0.25) is 0 Å². The van der Waals surface area contributed by atoms with Gasteiger partial charge in [0.15, 0.2) is 5.82 Å². The molecule has 0 unspecified atom stereocenters. The van der Waals surface area contributed by atoms with Crippen LogP contribution in [0.15, 0.2) is 24.3 Å². The van der Waals surface area contributed by atoms with E-state index in [1.165, 1.54) is 0 Å². The lowest BCUT2D eigenvalue weighted by Crippen LogP contribution is -2.51. The van der Waals surface area contributed by atoms with E-state index in [1.54, 1.807) is 16.5 Å². The van der Waals surface area contributed by atoms with E-state index in [-0.39, 0.29) is 25.0 Å². The summed E-state index contributed by atoms with van der Waals surface area (Å²) in [6.45, 7) is 8.12. The van der Waals surface area contributed by atoms with Gasteiger partial charge in [-0.15, -0.1) is 5.10 Å². The third kappa shape index (κ3) is 6.38. The second kappa shape index (κ2) is 11.3. The molecule has 11 nitrogen and oxygen atoms in total. The standard InChI is InChI=1S/C20H29N7O4/c1-3-30-17-7-5-16(6-8-17)27-18(22-23-24-27)15-25-11-13-26(14-12-25)20(29)21-10-9-19(28)31-4-2/h5-8H,3-4,9-15H2,1-2H3,(H,21,29). The molecule has 1 N–H and O–H groups in total. The van der Waals surface area contributed by atoms with Gasteiger partial charge in [0.05, 0.1) is 31.9 Å². The summed E-state index contributed by atoms with van der Waals surface area (Å²) >= 11 is 0. The van der Waals surface area contributed by atoms with Crippen molar-refractivity contribution in [1.29, 1.82) is 0 Å². The van der Waals surface area contributed by atoms with Gasteiger partial charge in [0.1, 0.15) is 5.75 Å². The van der Waals surface area contributed by atoms with Crippen LogP contribution in [0.1, 0.15) is 26.1 Å². The van der Waals surface area contributed by atoms with Crippen LogP contribution < -0.4 is 10.1 Å². The molecule has 0 aliphatic carbocycles. The highest BCUT2D eigenvalue weighted by atomic mass is 16.5. The van der Waals surface area contributed by atoms with Crippen molar-refractivity contribution in [3.05, 3.63) is 30.1 Å². The lowest BCUT2D eigenvalue weighted by molar-refractivity contribution is -0.142. The Hall–Kier alpha value is -3.21. The number of carbonyl (C=O) groups excluding carboxylic acids is 2. The maximum Gasteiger partial charge on any atom is 0.317 e. The number of nitrogens with one attached hydrogen (secondary N) is 1. The van der Waals surface area contributed by atoms with Crippen LogP contribution in [0.4, 0.5) is 4.79 Å². The molecule has 0 bridgehead atoms. The predicted octanol–water partition coefficient (Wildman–Crippen LogP) is 0.841. The molecule has 1 aliphatic rings. The van der Waals surface area contributed by atoms with Crippen molar-refractivity contribution in [2.45, 2.75) is 26.8 Å². The SMILES string of the molecule is CCOC(=O)CCNC(=O)N1CCN(Cc2nnnn2-c2ccc(OCC)cc2)CC1. The number of nitrogens with zero attached hydrogens (tertiary/aromatic N) is 6. The predicted molar refractivity (Wildman–Crippen MR) is 112 cm³/mol. The summed E-state index contributed by atoms with van der Waals surface area (Å²) in [5.41, 5.74) is 0.864. The van der Waals surface area contributed by atoms with Crippen molar-refractivity contribution in [3.8, 4) is 11.4 Å². The lowest BCUT2D eigenvalue weighted by Gasteiger charge is -2.34. The lowest BCUT2D eigenvalue weighted by atomic mass is 10.3. The molecule has 2 amide bonds. The fourth-order valence-corrected chi connectivity index (χ4v) is 3.28. The fourth-order valence-electron chi connectivity index (χ4n) is 3.28. The van der Waals surface area contributed by atoms with Crippen LogP contribution in [0.25, 0.3) is 5.69 Å². The first-order valence-corrected chi connectivity index (χ1v) is 10.5. The summed E-state index contributed by atoms with van der Waals surface area (Å²) in [5, 5.41) is 14.9. The average molecular weight is 431 g/mol. The first-order chi connectivity index (χ1) is 15.1. The Morgan fingerprint density at radius 2 is 1.81 bits per heavy atom. The number of hydrogen-bond donors (Lipinski definition) is 1. The molecule has 31 heavy (non-hydrogen) atoms. The van der Waals surface area contributed by atoms with Crippen molar-refractivity contribution < 1.29 is 19.1 Å². The molecule has 11 heteroatoms. The number of ether oxygens (including phenoxy) is 2. The number of carbonyl (C=O) groups is 2. The quantitative estimate of drug-likeness (QED) is 0.581. The molecular weight excluding hydrogens is 402 g/mol. The van der Waals surface area contributed by atoms with Crippen molar-refractivity contribution >= 4 is 12.0 Å². The first-order valence-electron chi connectivity index (χ1n) is 10.5. The van der Waals surface area contributed by atoms with E-state index in [9.17, 15) is 9.59 Å². The van der Waals surface area contributed by atoms with E-state index >= 15 is 0 Å². The number of aromatic nitrogens is 4. The van der Waals surface area contributed by atoms with E-state index in [4.69, 9.17) is 9.47 Å². The van der Waals surface area contributed by atoms with E-state index in [0.29, 0.717) is 45.9 Å². The minimum Gasteiger partial charge on any atom is -0.494 e. The number of benzene rings is 1. The van der Waals surface area contributed by atoms with E-state index < -0.39 is 0 Å². The molecule has 1 fully saturated rings.